The fourth-order valence-corrected chi connectivity index (χ4v) is 1.86. The van der Waals surface area contributed by atoms with Gasteiger partial charge in [-0.25, -0.2) is 4.79 Å². The minimum atomic E-state index is -0.544. The van der Waals surface area contributed by atoms with Gasteiger partial charge in [0.1, 0.15) is 5.60 Å². The van der Waals surface area contributed by atoms with E-state index in [0.717, 1.165) is 0 Å². The molecule has 6 nitrogen and oxygen atoms in total. The zero-order chi connectivity index (χ0) is 13.9. The number of amides is 1. The number of nitrogens with two attached hydrogens (primary N) is 1. The van der Waals surface area contributed by atoms with Crippen molar-refractivity contribution < 1.29 is 19.1 Å². The van der Waals surface area contributed by atoms with Crippen LogP contribution in [0, 0.1) is 5.92 Å². The van der Waals surface area contributed by atoms with Gasteiger partial charge in [0.05, 0.1) is 13.0 Å². The number of rotatable bonds is 1. The van der Waals surface area contributed by atoms with Crippen LogP contribution in [0.5, 0.6) is 0 Å². The van der Waals surface area contributed by atoms with Crippen molar-refractivity contribution in [2.45, 2.75) is 38.8 Å². The molecule has 104 valence electrons. The van der Waals surface area contributed by atoms with E-state index in [0.29, 0.717) is 13.0 Å². The van der Waals surface area contributed by atoms with Gasteiger partial charge in [0.25, 0.3) is 0 Å². The predicted molar refractivity (Wildman–Crippen MR) is 65.9 cm³/mol. The van der Waals surface area contributed by atoms with Gasteiger partial charge in [0.2, 0.25) is 0 Å². The lowest BCUT2D eigenvalue weighted by molar-refractivity contribution is -0.147. The molecule has 0 saturated carbocycles. The molecular formula is C12H22N2O4. The van der Waals surface area contributed by atoms with Crippen LogP contribution in [0.25, 0.3) is 0 Å². The van der Waals surface area contributed by atoms with E-state index in [2.05, 4.69) is 0 Å². The van der Waals surface area contributed by atoms with Crippen molar-refractivity contribution in [3.63, 3.8) is 0 Å². The molecule has 18 heavy (non-hydrogen) atoms. The molecule has 0 aromatic carbocycles. The topological polar surface area (TPSA) is 81.9 Å². The van der Waals surface area contributed by atoms with E-state index in [1.165, 1.54) is 12.0 Å². The third-order valence-corrected chi connectivity index (χ3v) is 2.82. The van der Waals surface area contributed by atoms with E-state index in [-0.39, 0.29) is 18.6 Å². The molecule has 0 aromatic heterocycles. The summed E-state index contributed by atoms with van der Waals surface area (Å²) in [6.45, 7) is 6.17. The Labute approximate surface area is 107 Å². The first kappa shape index (κ1) is 14.8. The van der Waals surface area contributed by atoms with Crippen LogP contribution in [0.4, 0.5) is 4.79 Å². The monoisotopic (exact) mass is 258 g/mol. The van der Waals surface area contributed by atoms with E-state index in [1.807, 2.05) is 0 Å². The van der Waals surface area contributed by atoms with Crippen molar-refractivity contribution in [1.29, 1.82) is 0 Å². The SMILES string of the molecule is COC(=O)C1CN(C(=O)OC(C)(C)C)CCC1N. The smallest absolute Gasteiger partial charge is 0.410 e. The number of nitrogens with zero attached hydrogens (tertiary/aromatic N) is 1. The zero-order valence-electron chi connectivity index (χ0n) is 11.4. The summed E-state index contributed by atoms with van der Waals surface area (Å²) in [6, 6.07) is -0.267. The molecule has 1 saturated heterocycles. The first-order valence-electron chi connectivity index (χ1n) is 6.06. The fraction of sp³-hybridized carbons (Fsp3) is 0.833. The lowest BCUT2D eigenvalue weighted by Crippen LogP contribution is -2.53. The first-order chi connectivity index (χ1) is 8.24. The molecule has 1 heterocycles. The predicted octanol–water partition coefficient (Wildman–Crippen LogP) is 0.744. The van der Waals surface area contributed by atoms with Gasteiger partial charge < -0.3 is 20.1 Å². The maximum absolute atomic E-state index is 11.9. The minimum absolute atomic E-state index is 0.253. The van der Waals surface area contributed by atoms with Crippen LogP contribution >= 0.6 is 0 Å². The van der Waals surface area contributed by atoms with Gasteiger partial charge >= 0.3 is 12.1 Å². The number of carbonyl (C=O) groups is 2. The van der Waals surface area contributed by atoms with Crippen LogP contribution < -0.4 is 5.73 Å². The maximum Gasteiger partial charge on any atom is 0.410 e. The van der Waals surface area contributed by atoms with Crippen LogP contribution in [-0.4, -0.2) is 48.8 Å². The molecule has 1 fully saturated rings. The second kappa shape index (κ2) is 5.56. The van der Waals surface area contributed by atoms with Gasteiger partial charge in [-0.1, -0.05) is 0 Å². The summed E-state index contributed by atoms with van der Waals surface area (Å²) in [4.78, 5) is 24.9. The highest BCUT2D eigenvalue weighted by atomic mass is 16.6. The Morgan fingerprint density at radius 2 is 1.94 bits per heavy atom. The summed E-state index contributed by atoms with van der Waals surface area (Å²) in [6.07, 6.45) is 0.155. The molecule has 2 unspecified atom stereocenters. The van der Waals surface area contributed by atoms with Crippen molar-refractivity contribution in [2.75, 3.05) is 20.2 Å². The van der Waals surface area contributed by atoms with E-state index < -0.39 is 17.6 Å². The van der Waals surface area contributed by atoms with Gasteiger partial charge in [0.15, 0.2) is 0 Å². The lowest BCUT2D eigenvalue weighted by Gasteiger charge is -2.36. The van der Waals surface area contributed by atoms with Gasteiger partial charge in [0, 0.05) is 19.1 Å². The van der Waals surface area contributed by atoms with Crippen LogP contribution in [0.15, 0.2) is 0 Å². The number of likely N-dealkylation sites (tertiary alicyclic amines) is 1. The van der Waals surface area contributed by atoms with Crippen molar-refractivity contribution >= 4 is 12.1 Å². The van der Waals surface area contributed by atoms with Gasteiger partial charge in [-0.15, -0.1) is 0 Å². The van der Waals surface area contributed by atoms with Crippen LogP contribution in [0.1, 0.15) is 27.2 Å². The second-order valence-electron chi connectivity index (χ2n) is 5.51. The Balaban J connectivity index is 2.64. The summed E-state index contributed by atoms with van der Waals surface area (Å²) in [7, 11) is 1.32. The van der Waals surface area contributed by atoms with E-state index in [9.17, 15) is 9.59 Å². The van der Waals surface area contributed by atoms with Crippen LogP contribution in [-0.2, 0) is 14.3 Å². The van der Waals surface area contributed by atoms with Gasteiger partial charge in [-0.05, 0) is 27.2 Å². The molecule has 1 aliphatic rings. The van der Waals surface area contributed by atoms with Crippen molar-refractivity contribution in [2.24, 2.45) is 11.7 Å². The fourth-order valence-electron chi connectivity index (χ4n) is 1.86. The molecule has 1 rings (SSSR count). The number of carbonyl (C=O) groups excluding carboxylic acids is 2. The Kier molecular flexibility index (Phi) is 4.56. The summed E-state index contributed by atoms with van der Waals surface area (Å²) >= 11 is 0. The summed E-state index contributed by atoms with van der Waals surface area (Å²) in [5.74, 6) is -0.855. The third-order valence-electron chi connectivity index (χ3n) is 2.82. The summed E-state index contributed by atoms with van der Waals surface area (Å²) < 4.78 is 9.96. The highest BCUT2D eigenvalue weighted by Gasteiger charge is 2.36. The molecule has 2 atom stereocenters. The number of methoxy groups -OCH3 is 1. The highest BCUT2D eigenvalue weighted by Crippen LogP contribution is 2.19. The Bertz CT molecular complexity index is 325. The standard InChI is InChI=1S/C12H22N2O4/c1-12(2,3)18-11(16)14-6-5-9(13)8(7-14)10(15)17-4/h8-9H,5-7,13H2,1-4H3. The first-order valence-corrected chi connectivity index (χ1v) is 6.06. The van der Waals surface area contributed by atoms with Crippen LogP contribution in [0.2, 0.25) is 0 Å². The van der Waals surface area contributed by atoms with E-state index in [4.69, 9.17) is 15.2 Å². The average molecular weight is 258 g/mol. The zero-order valence-corrected chi connectivity index (χ0v) is 11.4. The quantitative estimate of drug-likeness (QED) is 0.702. The highest BCUT2D eigenvalue weighted by molar-refractivity contribution is 5.75. The maximum atomic E-state index is 11.9. The molecule has 0 spiro atoms. The Morgan fingerprint density at radius 1 is 1.33 bits per heavy atom. The van der Waals surface area contributed by atoms with Crippen molar-refractivity contribution in [3.05, 3.63) is 0 Å². The normalized spacial score (nSPS) is 24.6. The van der Waals surface area contributed by atoms with Gasteiger partial charge in [-0.3, -0.25) is 4.79 Å². The van der Waals surface area contributed by atoms with Crippen molar-refractivity contribution in [3.8, 4) is 0 Å². The molecule has 0 aromatic rings. The van der Waals surface area contributed by atoms with Gasteiger partial charge in [-0.2, -0.15) is 0 Å². The third kappa shape index (κ3) is 3.87. The summed E-state index contributed by atoms with van der Waals surface area (Å²) in [5.41, 5.74) is 5.32. The Hall–Kier alpha value is -1.30. The lowest BCUT2D eigenvalue weighted by atomic mass is 9.93. The van der Waals surface area contributed by atoms with E-state index >= 15 is 0 Å². The van der Waals surface area contributed by atoms with E-state index in [1.54, 1.807) is 20.8 Å². The molecule has 2 N–H and O–H groups in total. The molecule has 1 aliphatic heterocycles. The second-order valence-corrected chi connectivity index (χ2v) is 5.51. The minimum Gasteiger partial charge on any atom is -0.469 e. The number of hydrogen-bond donors (Lipinski definition) is 1. The number of hydrogen-bond acceptors (Lipinski definition) is 5. The number of esters is 1. The average Bonchev–Trinajstić information content (AvgIpc) is 2.26. The molecule has 1 amide bonds. The molecule has 0 aliphatic carbocycles. The Morgan fingerprint density at radius 3 is 2.44 bits per heavy atom. The summed E-state index contributed by atoms with van der Waals surface area (Å²) in [5, 5.41) is 0. The molecule has 0 bridgehead atoms. The molecule has 0 radical (unpaired) electrons. The van der Waals surface area contributed by atoms with Crippen LogP contribution in [0.3, 0.4) is 0 Å². The molecule has 6 heteroatoms. The largest absolute Gasteiger partial charge is 0.469 e. The molecular weight excluding hydrogens is 236 g/mol. The number of piperidine rings is 1. The number of ether oxygens (including phenoxy) is 2. The van der Waals surface area contributed by atoms with Crippen molar-refractivity contribution in [1.82, 2.24) is 4.90 Å².